The number of fused-ring (bicyclic) bond motifs is 1. The highest BCUT2D eigenvalue weighted by molar-refractivity contribution is 5.80. The highest BCUT2D eigenvalue weighted by Gasteiger charge is 2.13. The van der Waals surface area contributed by atoms with Gasteiger partial charge in [0.1, 0.15) is 11.3 Å². The Hall–Kier alpha value is -3.87. The fourth-order valence-electron chi connectivity index (χ4n) is 3.88. The molecule has 5 rings (SSSR count). The number of pyridine rings is 1. The molecule has 1 N–H and O–H groups in total. The summed E-state index contributed by atoms with van der Waals surface area (Å²) in [6.45, 7) is 2.95. The molecule has 0 amide bonds. The Kier molecular flexibility index (Phi) is 5.22. The third-order valence-corrected chi connectivity index (χ3v) is 5.46. The Morgan fingerprint density at radius 2 is 1.77 bits per heavy atom. The minimum Gasteiger partial charge on any atom is -0.308 e. The van der Waals surface area contributed by atoms with Gasteiger partial charge in [-0.2, -0.15) is 5.21 Å². The number of imidazole rings is 1. The lowest BCUT2D eigenvalue weighted by Crippen LogP contribution is -2.06. The summed E-state index contributed by atoms with van der Waals surface area (Å²) in [4.78, 5) is 9.42. The number of nitrogens with one attached hydrogen (secondary N) is 1. The van der Waals surface area contributed by atoms with Gasteiger partial charge in [-0.3, -0.25) is 0 Å². The van der Waals surface area contributed by atoms with E-state index in [1.165, 1.54) is 5.56 Å². The largest absolute Gasteiger partial charge is 0.308 e. The number of H-pyrrole nitrogens is 1. The van der Waals surface area contributed by atoms with Gasteiger partial charge in [-0.25, -0.2) is 9.97 Å². The van der Waals surface area contributed by atoms with E-state index in [9.17, 15) is 0 Å². The predicted molar refractivity (Wildman–Crippen MR) is 120 cm³/mol. The molecular formula is C24H23N7. The molecule has 0 spiro atoms. The van der Waals surface area contributed by atoms with Crippen LogP contribution in [0.3, 0.4) is 0 Å². The van der Waals surface area contributed by atoms with Gasteiger partial charge < -0.3 is 4.57 Å². The summed E-state index contributed by atoms with van der Waals surface area (Å²) in [5.41, 5.74) is 6.26. The lowest BCUT2D eigenvalue weighted by molar-refractivity contribution is 0.686. The number of aromatic amines is 1. The molecule has 0 unspecified atom stereocenters. The third kappa shape index (κ3) is 3.82. The van der Waals surface area contributed by atoms with Crippen LogP contribution in [0.15, 0.2) is 66.9 Å². The fraction of sp³-hybridized carbons (Fsp3) is 0.208. The van der Waals surface area contributed by atoms with E-state index in [4.69, 9.17) is 4.98 Å². The van der Waals surface area contributed by atoms with Crippen molar-refractivity contribution >= 4 is 11.2 Å². The normalized spacial score (nSPS) is 11.3. The molecule has 0 fully saturated rings. The lowest BCUT2D eigenvalue weighted by Gasteiger charge is -2.11. The van der Waals surface area contributed by atoms with Gasteiger partial charge in [0.15, 0.2) is 5.65 Å². The molecule has 0 aliphatic carbocycles. The SMILES string of the molecule is CCCCc1nc2cccnc2n1Cc1ccc(-c2ccccc2-c2nn[nH]n2)cc1. The summed E-state index contributed by atoms with van der Waals surface area (Å²) >= 11 is 0. The zero-order chi connectivity index (χ0) is 21.0. The smallest absolute Gasteiger partial charge is 0.205 e. The van der Waals surface area contributed by atoms with Crippen LogP contribution in [0, 0.1) is 0 Å². The Balaban J connectivity index is 1.46. The van der Waals surface area contributed by atoms with E-state index in [1.807, 2.05) is 36.5 Å². The molecule has 2 aromatic carbocycles. The standard InChI is InChI=1S/C24H23N7/c1-2-3-10-22-26-21-9-6-15-25-24(21)31(22)16-17-11-13-18(14-12-17)19-7-4-5-8-20(19)23-27-29-30-28-23/h4-9,11-15H,2-3,10,16H2,1H3,(H,27,28,29,30). The van der Waals surface area contributed by atoms with Gasteiger partial charge in [0.25, 0.3) is 0 Å². The number of unbranched alkanes of at least 4 members (excludes halogenated alkanes) is 1. The first-order valence-electron chi connectivity index (χ1n) is 10.6. The van der Waals surface area contributed by atoms with Crippen LogP contribution in [-0.4, -0.2) is 35.2 Å². The van der Waals surface area contributed by atoms with Crippen molar-refractivity contribution in [3.05, 3.63) is 78.2 Å². The van der Waals surface area contributed by atoms with Crippen molar-refractivity contribution in [2.45, 2.75) is 32.7 Å². The highest BCUT2D eigenvalue weighted by atomic mass is 15.5. The van der Waals surface area contributed by atoms with Crippen LogP contribution in [0.5, 0.6) is 0 Å². The summed E-state index contributed by atoms with van der Waals surface area (Å²) < 4.78 is 2.24. The number of aromatic nitrogens is 7. The van der Waals surface area contributed by atoms with Crippen LogP contribution in [0.25, 0.3) is 33.7 Å². The maximum Gasteiger partial charge on any atom is 0.205 e. The van der Waals surface area contributed by atoms with Crippen LogP contribution < -0.4 is 0 Å². The summed E-state index contributed by atoms with van der Waals surface area (Å²) in [5.74, 6) is 1.69. The van der Waals surface area contributed by atoms with Gasteiger partial charge in [0.2, 0.25) is 5.82 Å². The average molecular weight is 409 g/mol. The molecule has 0 aliphatic heterocycles. The second-order valence-corrected chi connectivity index (χ2v) is 7.54. The molecule has 3 heterocycles. The van der Waals surface area contributed by atoms with E-state index < -0.39 is 0 Å². The first-order chi connectivity index (χ1) is 15.3. The van der Waals surface area contributed by atoms with Crippen molar-refractivity contribution in [3.8, 4) is 22.5 Å². The molecule has 154 valence electrons. The van der Waals surface area contributed by atoms with Gasteiger partial charge >= 0.3 is 0 Å². The molecule has 0 atom stereocenters. The Morgan fingerprint density at radius 1 is 0.935 bits per heavy atom. The Bertz CT molecular complexity index is 1290. The number of benzene rings is 2. The first-order valence-corrected chi connectivity index (χ1v) is 10.6. The van der Waals surface area contributed by atoms with Crippen LogP contribution in [-0.2, 0) is 13.0 Å². The third-order valence-electron chi connectivity index (χ3n) is 5.46. The van der Waals surface area contributed by atoms with Crippen LogP contribution in [0.1, 0.15) is 31.2 Å². The van der Waals surface area contributed by atoms with Gasteiger partial charge in [-0.1, -0.05) is 61.9 Å². The summed E-state index contributed by atoms with van der Waals surface area (Å²) in [7, 11) is 0. The molecule has 7 heteroatoms. The zero-order valence-corrected chi connectivity index (χ0v) is 17.4. The number of aryl methyl sites for hydroxylation is 1. The fourth-order valence-corrected chi connectivity index (χ4v) is 3.88. The predicted octanol–water partition coefficient (Wildman–Crippen LogP) is 4.67. The van der Waals surface area contributed by atoms with E-state index >= 15 is 0 Å². The zero-order valence-electron chi connectivity index (χ0n) is 17.4. The van der Waals surface area contributed by atoms with Gasteiger partial charge in [0.05, 0.1) is 6.54 Å². The monoisotopic (exact) mass is 409 g/mol. The van der Waals surface area contributed by atoms with E-state index in [2.05, 4.69) is 67.4 Å². The minimum atomic E-state index is 0.594. The Morgan fingerprint density at radius 3 is 2.55 bits per heavy atom. The first kappa shape index (κ1) is 19.1. The van der Waals surface area contributed by atoms with Crippen molar-refractivity contribution in [3.63, 3.8) is 0 Å². The van der Waals surface area contributed by atoms with Gasteiger partial charge in [0, 0.05) is 18.2 Å². The van der Waals surface area contributed by atoms with Crippen LogP contribution in [0.4, 0.5) is 0 Å². The van der Waals surface area contributed by atoms with E-state index in [0.29, 0.717) is 5.82 Å². The number of hydrogen-bond donors (Lipinski definition) is 1. The molecule has 0 saturated heterocycles. The molecule has 0 saturated carbocycles. The maximum absolute atomic E-state index is 4.83. The molecule has 0 aliphatic rings. The van der Waals surface area contributed by atoms with Crippen molar-refractivity contribution in [2.24, 2.45) is 0 Å². The molecular weight excluding hydrogens is 386 g/mol. The lowest BCUT2D eigenvalue weighted by atomic mass is 9.98. The number of rotatable bonds is 7. The topological polar surface area (TPSA) is 85.2 Å². The van der Waals surface area contributed by atoms with E-state index in [0.717, 1.165) is 59.5 Å². The Labute approximate surface area is 180 Å². The van der Waals surface area contributed by atoms with Gasteiger partial charge in [-0.05, 0) is 40.5 Å². The minimum absolute atomic E-state index is 0.594. The number of tetrazole rings is 1. The van der Waals surface area contributed by atoms with Crippen molar-refractivity contribution in [1.29, 1.82) is 0 Å². The quantitative estimate of drug-likeness (QED) is 0.422. The van der Waals surface area contributed by atoms with E-state index in [-0.39, 0.29) is 0 Å². The van der Waals surface area contributed by atoms with E-state index in [1.54, 1.807) is 0 Å². The molecule has 5 aromatic rings. The summed E-state index contributed by atoms with van der Waals surface area (Å²) in [6, 6.07) is 20.7. The molecule has 7 nitrogen and oxygen atoms in total. The van der Waals surface area contributed by atoms with Gasteiger partial charge in [-0.15, -0.1) is 10.2 Å². The molecule has 0 radical (unpaired) electrons. The molecule has 3 aromatic heterocycles. The highest BCUT2D eigenvalue weighted by Crippen LogP contribution is 2.30. The number of nitrogens with zero attached hydrogens (tertiary/aromatic N) is 6. The number of hydrogen-bond acceptors (Lipinski definition) is 5. The maximum atomic E-state index is 4.83. The second-order valence-electron chi connectivity index (χ2n) is 7.54. The summed E-state index contributed by atoms with van der Waals surface area (Å²) in [5, 5.41) is 14.5. The summed E-state index contributed by atoms with van der Waals surface area (Å²) in [6.07, 6.45) is 5.06. The van der Waals surface area contributed by atoms with Crippen molar-refractivity contribution < 1.29 is 0 Å². The van der Waals surface area contributed by atoms with Crippen LogP contribution >= 0.6 is 0 Å². The van der Waals surface area contributed by atoms with Crippen molar-refractivity contribution in [2.75, 3.05) is 0 Å². The molecule has 31 heavy (non-hydrogen) atoms. The second kappa shape index (κ2) is 8.47. The average Bonchev–Trinajstić information content (AvgIpc) is 3.47. The van der Waals surface area contributed by atoms with Crippen LogP contribution in [0.2, 0.25) is 0 Å². The molecule has 0 bridgehead atoms. The van der Waals surface area contributed by atoms with Crippen molar-refractivity contribution in [1.82, 2.24) is 35.2 Å².